The SMILES string of the molecule is CC1(C(N)=O)CCN(c2nc(Cl)nnc2Cl)C1. The first-order valence-corrected chi connectivity index (χ1v) is 5.78. The average molecular weight is 276 g/mol. The van der Waals surface area contributed by atoms with E-state index in [0.717, 1.165) is 0 Å². The highest BCUT2D eigenvalue weighted by Crippen LogP contribution is 2.34. The molecular formula is C9H11Cl2N5O. The van der Waals surface area contributed by atoms with Crippen LogP contribution in [0.1, 0.15) is 13.3 Å². The Bertz CT molecular complexity index is 469. The molecule has 1 unspecified atom stereocenters. The molecule has 2 N–H and O–H groups in total. The minimum atomic E-state index is -0.569. The van der Waals surface area contributed by atoms with E-state index in [4.69, 9.17) is 28.9 Å². The van der Waals surface area contributed by atoms with Gasteiger partial charge in [0.05, 0.1) is 5.41 Å². The summed E-state index contributed by atoms with van der Waals surface area (Å²) in [5.74, 6) is 0.112. The van der Waals surface area contributed by atoms with Gasteiger partial charge in [-0.25, -0.2) is 0 Å². The number of nitrogens with two attached hydrogens (primary N) is 1. The number of carbonyl (C=O) groups excluding carboxylic acids is 1. The van der Waals surface area contributed by atoms with Crippen LogP contribution in [-0.2, 0) is 4.79 Å². The molecule has 1 fully saturated rings. The molecule has 92 valence electrons. The van der Waals surface area contributed by atoms with Crippen molar-refractivity contribution in [2.45, 2.75) is 13.3 Å². The third-order valence-corrected chi connectivity index (χ3v) is 3.38. The minimum Gasteiger partial charge on any atom is -0.369 e. The number of rotatable bonds is 2. The maximum absolute atomic E-state index is 11.3. The standard InChI is InChI=1S/C9H11Cl2N5O/c1-9(7(12)17)2-3-16(4-9)6-5(10)14-15-8(11)13-6/h2-4H2,1H3,(H2,12,17). The van der Waals surface area contributed by atoms with E-state index in [0.29, 0.717) is 25.3 Å². The van der Waals surface area contributed by atoms with E-state index >= 15 is 0 Å². The van der Waals surface area contributed by atoms with Gasteiger partial charge in [-0.15, -0.1) is 10.2 Å². The molecule has 8 heteroatoms. The Labute approximate surface area is 108 Å². The smallest absolute Gasteiger partial charge is 0.245 e. The van der Waals surface area contributed by atoms with E-state index in [9.17, 15) is 4.79 Å². The third kappa shape index (κ3) is 2.28. The van der Waals surface area contributed by atoms with Crippen molar-refractivity contribution in [3.8, 4) is 0 Å². The van der Waals surface area contributed by atoms with Crippen molar-refractivity contribution in [2.75, 3.05) is 18.0 Å². The van der Waals surface area contributed by atoms with Gasteiger partial charge in [-0.3, -0.25) is 4.79 Å². The van der Waals surface area contributed by atoms with Gasteiger partial charge in [0, 0.05) is 13.1 Å². The molecule has 1 amide bonds. The first-order valence-electron chi connectivity index (χ1n) is 5.03. The fourth-order valence-electron chi connectivity index (χ4n) is 1.83. The molecule has 2 rings (SSSR count). The van der Waals surface area contributed by atoms with Crippen molar-refractivity contribution in [3.05, 3.63) is 10.4 Å². The van der Waals surface area contributed by atoms with E-state index in [-0.39, 0.29) is 16.3 Å². The predicted octanol–water partition coefficient (Wildman–Crippen LogP) is 0.880. The number of hydrogen-bond acceptors (Lipinski definition) is 5. The molecule has 1 aromatic rings. The lowest BCUT2D eigenvalue weighted by molar-refractivity contribution is -0.125. The number of amides is 1. The van der Waals surface area contributed by atoms with Crippen molar-refractivity contribution in [1.29, 1.82) is 0 Å². The summed E-state index contributed by atoms with van der Waals surface area (Å²) in [6.07, 6.45) is 0.653. The van der Waals surface area contributed by atoms with Crippen molar-refractivity contribution >= 4 is 34.9 Å². The van der Waals surface area contributed by atoms with Gasteiger partial charge in [0.1, 0.15) is 0 Å². The second-order valence-corrected chi connectivity index (χ2v) is 4.99. The van der Waals surface area contributed by atoms with Crippen LogP contribution in [0, 0.1) is 5.41 Å². The monoisotopic (exact) mass is 275 g/mol. The number of aromatic nitrogens is 3. The normalized spacial score (nSPS) is 24.1. The lowest BCUT2D eigenvalue weighted by Gasteiger charge is -2.21. The van der Waals surface area contributed by atoms with Crippen LogP contribution in [0.25, 0.3) is 0 Å². The van der Waals surface area contributed by atoms with E-state index in [2.05, 4.69) is 15.2 Å². The zero-order chi connectivity index (χ0) is 12.6. The first kappa shape index (κ1) is 12.3. The summed E-state index contributed by atoms with van der Waals surface area (Å²) < 4.78 is 0. The number of primary amides is 1. The van der Waals surface area contributed by atoms with E-state index in [1.165, 1.54) is 0 Å². The molecule has 2 heterocycles. The first-order chi connectivity index (χ1) is 7.92. The van der Waals surface area contributed by atoms with Gasteiger partial charge in [-0.2, -0.15) is 4.98 Å². The average Bonchev–Trinajstić information content (AvgIpc) is 2.66. The van der Waals surface area contributed by atoms with Crippen molar-refractivity contribution in [1.82, 2.24) is 15.2 Å². The molecule has 0 aromatic carbocycles. The zero-order valence-corrected chi connectivity index (χ0v) is 10.7. The highest BCUT2D eigenvalue weighted by Gasteiger charge is 2.40. The van der Waals surface area contributed by atoms with Crippen LogP contribution in [-0.4, -0.2) is 34.2 Å². The highest BCUT2D eigenvalue weighted by atomic mass is 35.5. The summed E-state index contributed by atoms with van der Waals surface area (Å²) in [6.45, 7) is 2.91. The lowest BCUT2D eigenvalue weighted by Crippen LogP contribution is -2.37. The van der Waals surface area contributed by atoms with Gasteiger partial charge in [-0.05, 0) is 24.9 Å². The van der Waals surface area contributed by atoms with Gasteiger partial charge in [0.25, 0.3) is 0 Å². The summed E-state index contributed by atoms with van der Waals surface area (Å²) in [6, 6.07) is 0. The number of hydrogen-bond donors (Lipinski definition) is 1. The van der Waals surface area contributed by atoms with Gasteiger partial charge in [0.2, 0.25) is 11.2 Å². The molecule has 0 radical (unpaired) electrons. The topological polar surface area (TPSA) is 85.0 Å². The Morgan fingerprint density at radius 2 is 2.18 bits per heavy atom. The Balaban J connectivity index is 2.26. The van der Waals surface area contributed by atoms with E-state index in [1.807, 2.05) is 11.8 Å². The number of anilines is 1. The number of carbonyl (C=O) groups is 1. The molecule has 0 spiro atoms. The number of nitrogens with zero attached hydrogens (tertiary/aromatic N) is 4. The Hall–Kier alpha value is -1.14. The molecule has 17 heavy (non-hydrogen) atoms. The van der Waals surface area contributed by atoms with Gasteiger partial charge in [0.15, 0.2) is 11.0 Å². The summed E-state index contributed by atoms with van der Waals surface area (Å²) in [7, 11) is 0. The van der Waals surface area contributed by atoms with Crippen molar-refractivity contribution in [3.63, 3.8) is 0 Å². The second-order valence-electron chi connectivity index (χ2n) is 4.29. The summed E-state index contributed by atoms with van der Waals surface area (Å²) in [5, 5.41) is 7.41. The van der Waals surface area contributed by atoms with E-state index < -0.39 is 5.41 Å². The van der Waals surface area contributed by atoms with E-state index in [1.54, 1.807) is 0 Å². The van der Waals surface area contributed by atoms with Gasteiger partial charge < -0.3 is 10.6 Å². The molecule has 0 aliphatic carbocycles. The predicted molar refractivity (Wildman–Crippen MR) is 64.0 cm³/mol. The van der Waals surface area contributed by atoms with Crippen LogP contribution in [0.5, 0.6) is 0 Å². The summed E-state index contributed by atoms with van der Waals surface area (Å²) >= 11 is 11.6. The second kappa shape index (κ2) is 4.27. The van der Waals surface area contributed by atoms with Crippen molar-refractivity contribution < 1.29 is 4.79 Å². The van der Waals surface area contributed by atoms with Crippen LogP contribution in [0.4, 0.5) is 5.82 Å². The molecule has 1 aliphatic heterocycles. The lowest BCUT2D eigenvalue weighted by atomic mass is 9.89. The quantitative estimate of drug-likeness (QED) is 0.866. The molecule has 1 aliphatic rings. The van der Waals surface area contributed by atoms with Crippen molar-refractivity contribution in [2.24, 2.45) is 11.1 Å². The summed E-state index contributed by atoms with van der Waals surface area (Å²) in [5.41, 5.74) is 4.80. The minimum absolute atomic E-state index is 0.0251. The zero-order valence-electron chi connectivity index (χ0n) is 9.15. The van der Waals surface area contributed by atoms with Gasteiger partial charge in [-0.1, -0.05) is 11.6 Å². The van der Waals surface area contributed by atoms with Crippen LogP contribution < -0.4 is 10.6 Å². The van der Waals surface area contributed by atoms with Crippen LogP contribution in [0.15, 0.2) is 0 Å². The fraction of sp³-hybridized carbons (Fsp3) is 0.556. The largest absolute Gasteiger partial charge is 0.369 e. The number of halogens is 2. The third-order valence-electron chi connectivity index (χ3n) is 2.97. The molecule has 1 saturated heterocycles. The maximum Gasteiger partial charge on any atom is 0.245 e. The fourth-order valence-corrected chi connectivity index (χ4v) is 2.15. The molecule has 1 aromatic heterocycles. The van der Waals surface area contributed by atoms with Crippen LogP contribution in [0.3, 0.4) is 0 Å². The molecule has 0 saturated carbocycles. The molecule has 1 atom stereocenters. The molecule has 6 nitrogen and oxygen atoms in total. The van der Waals surface area contributed by atoms with Crippen LogP contribution in [0.2, 0.25) is 10.4 Å². The maximum atomic E-state index is 11.3. The Morgan fingerprint density at radius 1 is 1.47 bits per heavy atom. The Kier molecular flexibility index (Phi) is 3.09. The Morgan fingerprint density at radius 3 is 2.76 bits per heavy atom. The molecule has 0 bridgehead atoms. The van der Waals surface area contributed by atoms with Gasteiger partial charge >= 0.3 is 0 Å². The highest BCUT2D eigenvalue weighted by molar-refractivity contribution is 6.32. The summed E-state index contributed by atoms with van der Waals surface area (Å²) in [4.78, 5) is 17.2. The van der Waals surface area contributed by atoms with Crippen LogP contribution >= 0.6 is 23.2 Å². The molecular weight excluding hydrogens is 265 g/mol.